The number of carbonyl (C=O) groups excluding carboxylic acids is 2. The third-order valence-electron chi connectivity index (χ3n) is 3.00. The molecule has 1 amide bonds. The number of ether oxygens (including phenoxy) is 2. The Morgan fingerprint density at radius 1 is 1.33 bits per heavy atom. The number of amides is 1. The number of carbonyl (C=O) groups is 2. The van der Waals surface area contributed by atoms with Crippen LogP contribution in [0.25, 0.3) is 0 Å². The molecule has 1 aromatic carbocycles. The van der Waals surface area contributed by atoms with E-state index in [1.165, 1.54) is 12.0 Å². The van der Waals surface area contributed by atoms with Crippen LogP contribution >= 0.6 is 0 Å². The van der Waals surface area contributed by atoms with E-state index in [1.807, 2.05) is 6.92 Å². The highest BCUT2D eigenvalue weighted by Crippen LogP contribution is 2.14. The summed E-state index contributed by atoms with van der Waals surface area (Å²) < 4.78 is 9.85. The molecule has 0 bridgehead atoms. The van der Waals surface area contributed by atoms with E-state index in [4.69, 9.17) is 15.2 Å². The number of hydrogen-bond donors (Lipinski definition) is 1. The average Bonchev–Trinajstić information content (AvgIpc) is 2.46. The molecule has 2 N–H and O–H groups in total. The van der Waals surface area contributed by atoms with Gasteiger partial charge in [-0.2, -0.15) is 0 Å². The van der Waals surface area contributed by atoms with Crippen LogP contribution in [0.3, 0.4) is 0 Å². The van der Waals surface area contributed by atoms with E-state index in [1.54, 1.807) is 25.1 Å². The van der Waals surface area contributed by atoms with E-state index in [0.717, 1.165) is 5.56 Å². The third-order valence-corrected chi connectivity index (χ3v) is 3.00. The van der Waals surface area contributed by atoms with Crippen LogP contribution in [0.1, 0.15) is 22.8 Å². The number of anilines is 1. The summed E-state index contributed by atoms with van der Waals surface area (Å²) in [5.41, 5.74) is 7.71. The smallest absolute Gasteiger partial charge is 0.325 e. The van der Waals surface area contributed by atoms with Gasteiger partial charge in [0.15, 0.2) is 0 Å². The zero-order valence-corrected chi connectivity index (χ0v) is 12.7. The van der Waals surface area contributed by atoms with Crippen molar-refractivity contribution in [2.24, 2.45) is 0 Å². The van der Waals surface area contributed by atoms with Crippen molar-refractivity contribution in [3.05, 3.63) is 29.3 Å². The van der Waals surface area contributed by atoms with E-state index in [9.17, 15) is 9.59 Å². The van der Waals surface area contributed by atoms with Crippen molar-refractivity contribution in [1.29, 1.82) is 0 Å². The number of nitrogen functional groups attached to an aromatic ring is 1. The Bertz CT molecular complexity index is 502. The Morgan fingerprint density at radius 3 is 2.62 bits per heavy atom. The quantitative estimate of drug-likeness (QED) is 0.604. The lowest BCUT2D eigenvalue weighted by atomic mass is 10.1. The van der Waals surface area contributed by atoms with Crippen molar-refractivity contribution in [3.63, 3.8) is 0 Å². The van der Waals surface area contributed by atoms with Gasteiger partial charge in [0, 0.05) is 24.9 Å². The molecule has 0 aliphatic carbocycles. The standard InChI is InChI=1S/C15H22N2O4/c1-4-21-14(18)10-17(7-8-20-3)15(19)12-6-5-11(2)13(16)9-12/h5-6,9H,4,7-8,10,16H2,1-3H3. The second-order valence-corrected chi connectivity index (χ2v) is 4.60. The number of hydrogen-bond acceptors (Lipinski definition) is 5. The predicted octanol–water partition coefficient (Wildman–Crippen LogP) is 1.23. The van der Waals surface area contributed by atoms with E-state index in [2.05, 4.69) is 0 Å². The Morgan fingerprint density at radius 2 is 2.05 bits per heavy atom. The molecule has 0 aromatic heterocycles. The molecule has 1 aromatic rings. The van der Waals surface area contributed by atoms with Gasteiger partial charge >= 0.3 is 5.97 Å². The Kier molecular flexibility index (Phi) is 6.68. The van der Waals surface area contributed by atoms with Crippen molar-refractivity contribution in [1.82, 2.24) is 4.90 Å². The van der Waals surface area contributed by atoms with Gasteiger partial charge in [0.2, 0.25) is 0 Å². The SMILES string of the molecule is CCOC(=O)CN(CCOC)C(=O)c1ccc(C)c(N)c1. The predicted molar refractivity (Wildman–Crippen MR) is 80.0 cm³/mol. The van der Waals surface area contributed by atoms with Crippen LogP contribution in [0.15, 0.2) is 18.2 Å². The van der Waals surface area contributed by atoms with Crippen LogP contribution in [0.2, 0.25) is 0 Å². The average molecular weight is 294 g/mol. The lowest BCUT2D eigenvalue weighted by Gasteiger charge is -2.21. The first-order valence-electron chi connectivity index (χ1n) is 6.79. The number of nitrogens with zero attached hydrogens (tertiary/aromatic N) is 1. The molecule has 0 radical (unpaired) electrons. The van der Waals surface area contributed by atoms with Crippen molar-refractivity contribution >= 4 is 17.6 Å². The fraction of sp³-hybridized carbons (Fsp3) is 0.467. The molecule has 0 atom stereocenters. The Hall–Kier alpha value is -2.08. The number of rotatable bonds is 7. The highest BCUT2D eigenvalue weighted by atomic mass is 16.5. The van der Waals surface area contributed by atoms with Gasteiger partial charge < -0.3 is 20.1 Å². The summed E-state index contributed by atoms with van der Waals surface area (Å²) in [6.45, 7) is 4.41. The van der Waals surface area contributed by atoms with Gasteiger partial charge in [-0.05, 0) is 31.5 Å². The number of esters is 1. The summed E-state index contributed by atoms with van der Waals surface area (Å²) in [7, 11) is 1.54. The molecule has 0 unspecified atom stereocenters. The van der Waals surface area contributed by atoms with Crippen LogP contribution < -0.4 is 5.73 Å². The van der Waals surface area contributed by atoms with Crippen LogP contribution in [-0.4, -0.2) is 50.2 Å². The maximum Gasteiger partial charge on any atom is 0.325 e. The minimum Gasteiger partial charge on any atom is -0.465 e. The van der Waals surface area contributed by atoms with E-state index >= 15 is 0 Å². The summed E-state index contributed by atoms with van der Waals surface area (Å²) in [5.74, 6) is -0.714. The molecule has 0 fully saturated rings. The largest absolute Gasteiger partial charge is 0.465 e. The van der Waals surface area contributed by atoms with Gasteiger partial charge in [0.05, 0.1) is 13.2 Å². The molecule has 0 aliphatic heterocycles. The van der Waals surface area contributed by atoms with E-state index < -0.39 is 5.97 Å². The molecule has 0 saturated carbocycles. The minimum absolute atomic E-state index is 0.107. The zero-order chi connectivity index (χ0) is 15.8. The number of methoxy groups -OCH3 is 1. The zero-order valence-electron chi connectivity index (χ0n) is 12.7. The first kappa shape index (κ1) is 17.0. The van der Waals surface area contributed by atoms with Gasteiger partial charge in [0.25, 0.3) is 5.91 Å². The van der Waals surface area contributed by atoms with Gasteiger partial charge in [-0.1, -0.05) is 6.07 Å². The van der Waals surface area contributed by atoms with Crippen LogP contribution in [0, 0.1) is 6.92 Å². The number of benzene rings is 1. The molecule has 0 saturated heterocycles. The Labute approximate surface area is 124 Å². The third kappa shape index (κ3) is 5.07. The fourth-order valence-corrected chi connectivity index (χ4v) is 1.77. The minimum atomic E-state index is -0.443. The van der Waals surface area contributed by atoms with Crippen LogP contribution in [0.4, 0.5) is 5.69 Å². The molecule has 6 nitrogen and oxygen atoms in total. The topological polar surface area (TPSA) is 81.9 Å². The van der Waals surface area contributed by atoms with Crippen molar-refractivity contribution in [2.45, 2.75) is 13.8 Å². The fourth-order valence-electron chi connectivity index (χ4n) is 1.77. The van der Waals surface area contributed by atoms with Crippen LogP contribution in [0.5, 0.6) is 0 Å². The highest BCUT2D eigenvalue weighted by Gasteiger charge is 2.19. The summed E-state index contributed by atoms with van der Waals surface area (Å²) in [6, 6.07) is 5.09. The molecule has 0 heterocycles. The van der Waals surface area contributed by atoms with E-state index in [-0.39, 0.29) is 19.1 Å². The maximum atomic E-state index is 12.5. The second kappa shape index (κ2) is 8.26. The van der Waals surface area contributed by atoms with Crippen LogP contribution in [-0.2, 0) is 14.3 Å². The monoisotopic (exact) mass is 294 g/mol. The van der Waals surface area contributed by atoms with Crippen molar-refractivity contribution < 1.29 is 19.1 Å². The first-order chi connectivity index (χ1) is 9.99. The molecule has 1 rings (SSSR count). The molecular formula is C15H22N2O4. The lowest BCUT2D eigenvalue weighted by molar-refractivity contribution is -0.143. The molecule has 116 valence electrons. The molecule has 6 heteroatoms. The van der Waals surface area contributed by atoms with E-state index in [0.29, 0.717) is 24.4 Å². The highest BCUT2D eigenvalue weighted by molar-refractivity contribution is 5.96. The summed E-state index contributed by atoms with van der Waals surface area (Å²) in [5, 5.41) is 0. The Balaban J connectivity index is 2.87. The van der Waals surface area contributed by atoms with Gasteiger partial charge in [-0.15, -0.1) is 0 Å². The lowest BCUT2D eigenvalue weighted by Crippen LogP contribution is -2.38. The number of nitrogens with two attached hydrogens (primary N) is 1. The van der Waals surface area contributed by atoms with Gasteiger partial charge in [-0.3, -0.25) is 9.59 Å². The van der Waals surface area contributed by atoms with Crippen molar-refractivity contribution in [2.75, 3.05) is 39.1 Å². The summed E-state index contributed by atoms with van der Waals surface area (Å²) in [6.07, 6.45) is 0. The van der Waals surface area contributed by atoms with Gasteiger partial charge in [0.1, 0.15) is 6.54 Å². The normalized spacial score (nSPS) is 10.2. The van der Waals surface area contributed by atoms with Crippen molar-refractivity contribution in [3.8, 4) is 0 Å². The maximum absolute atomic E-state index is 12.5. The summed E-state index contributed by atoms with van der Waals surface area (Å²) >= 11 is 0. The van der Waals surface area contributed by atoms with Gasteiger partial charge in [-0.25, -0.2) is 0 Å². The first-order valence-corrected chi connectivity index (χ1v) is 6.79. The molecule has 0 aliphatic rings. The molecule has 0 spiro atoms. The second-order valence-electron chi connectivity index (χ2n) is 4.60. The summed E-state index contributed by atoms with van der Waals surface area (Å²) in [4.78, 5) is 25.4. The number of aryl methyl sites for hydroxylation is 1. The molecular weight excluding hydrogens is 272 g/mol. The molecule has 21 heavy (non-hydrogen) atoms.